The second kappa shape index (κ2) is 4.54. The number of nitrogens with two attached hydrogens (primary N) is 1. The van der Waals surface area contributed by atoms with E-state index in [0.29, 0.717) is 5.82 Å². The number of hydrogen-bond acceptors (Lipinski definition) is 4. The van der Waals surface area contributed by atoms with E-state index in [1.807, 2.05) is 0 Å². The van der Waals surface area contributed by atoms with Crippen LogP contribution in [0, 0.1) is 0 Å². The summed E-state index contributed by atoms with van der Waals surface area (Å²) in [6.45, 7) is 2.08. The molecule has 5 N–H and O–H groups in total. The second-order valence-electron chi connectivity index (χ2n) is 4.00. The zero-order chi connectivity index (χ0) is 12.4. The Kier molecular flexibility index (Phi) is 3.10. The Balaban J connectivity index is 2.41. The van der Waals surface area contributed by atoms with Crippen molar-refractivity contribution in [2.24, 2.45) is 5.73 Å². The van der Waals surface area contributed by atoms with Crippen LogP contribution >= 0.6 is 0 Å². The van der Waals surface area contributed by atoms with Crippen LogP contribution in [0.4, 0.5) is 0 Å². The van der Waals surface area contributed by atoms with Crippen LogP contribution < -0.4 is 17.0 Å². The number of imidazole rings is 1. The van der Waals surface area contributed by atoms with Crippen LogP contribution in [0.25, 0.3) is 11.2 Å². The third kappa shape index (κ3) is 2.28. The molecule has 17 heavy (non-hydrogen) atoms. The van der Waals surface area contributed by atoms with Crippen molar-refractivity contribution < 1.29 is 0 Å². The number of rotatable bonds is 4. The molecule has 0 bridgehead atoms. The summed E-state index contributed by atoms with van der Waals surface area (Å²) >= 11 is 0. The summed E-state index contributed by atoms with van der Waals surface area (Å²) in [5.41, 5.74) is 5.39. The Bertz CT molecular complexity index is 623. The average Bonchev–Trinajstić information content (AvgIpc) is 2.69. The Morgan fingerprint density at radius 3 is 2.76 bits per heavy atom. The van der Waals surface area contributed by atoms with Crippen molar-refractivity contribution in [3.8, 4) is 0 Å². The number of nitrogens with one attached hydrogen (secondary N) is 3. The van der Waals surface area contributed by atoms with E-state index in [-0.39, 0.29) is 17.2 Å². The summed E-state index contributed by atoms with van der Waals surface area (Å²) in [6.07, 6.45) is 2.83. The minimum Gasteiger partial charge on any atom is -0.335 e. The van der Waals surface area contributed by atoms with Crippen LogP contribution in [-0.2, 0) is 0 Å². The molecule has 7 heteroatoms. The lowest BCUT2D eigenvalue weighted by Crippen LogP contribution is -2.21. The lowest BCUT2D eigenvalue weighted by Gasteiger charge is -2.06. The maximum Gasteiger partial charge on any atom is 0.327 e. The van der Waals surface area contributed by atoms with Crippen molar-refractivity contribution in [2.45, 2.75) is 32.2 Å². The van der Waals surface area contributed by atoms with Gasteiger partial charge in [-0.05, 0) is 6.42 Å². The fourth-order valence-electron chi connectivity index (χ4n) is 1.69. The molecule has 1 atom stereocenters. The Morgan fingerprint density at radius 1 is 1.29 bits per heavy atom. The van der Waals surface area contributed by atoms with E-state index >= 15 is 0 Å². The van der Waals surface area contributed by atoms with Crippen LogP contribution in [0.5, 0.6) is 0 Å². The molecule has 0 radical (unpaired) electrons. The molecule has 0 aliphatic carbocycles. The number of fused-ring (bicyclic) bond motifs is 1. The molecule has 0 aliphatic rings. The standard InChI is InChI=1S/C10H15N5O2/c1-2-3-4-5(11)7-12-6-8(13-7)14-10(17)15-9(6)16/h5H,2-4,11H2,1H3,(H3,12,13,14,15,16,17). The first-order valence-electron chi connectivity index (χ1n) is 5.59. The van der Waals surface area contributed by atoms with Crippen LogP contribution in [0.15, 0.2) is 9.59 Å². The topological polar surface area (TPSA) is 120 Å². The molecule has 0 spiro atoms. The normalized spacial score (nSPS) is 13.1. The number of hydrogen-bond donors (Lipinski definition) is 4. The number of nitrogens with zero attached hydrogens (tertiary/aromatic N) is 1. The molecular weight excluding hydrogens is 222 g/mol. The van der Waals surface area contributed by atoms with E-state index in [2.05, 4.69) is 26.9 Å². The van der Waals surface area contributed by atoms with E-state index in [1.54, 1.807) is 0 Å². The van der Waals surface area contributed by atoms with Crippen molar-refractivity contribution in [3.63, 3.8) is 0 Å². The first-order chi connectivity index (χ1) is 8.11. The maximum absolute atomic E-state index is 11.5. The maximum atomic E-state index is 11.5. The van der Waals surface area contributed by atoms with Gasteiger partial charge in [0.05, 0.1) is 6.04 Å². The van der Waals surface area contributed by atoms with Crippen molar-refractivity contribution in [1.82, 2.24) is 19.9 Å². The van der Waals surface area contributed by atoms with Crippen LogP contribution in [0.2, 0.25) is 0 Å². The Hall–Kier alpha value is -1.89. The van der Waals surface area contributed by atoms with E-state index in [4.69, 9.17) is 5.73 Å². The molecule has 0 saturated heterocycles. The molecule has 92 valence electrons. The van der Waals surface area contributed by atoms with Crippen LogP contribution in [0.1, 0.15) is 38.1 Å². The average molecular weight is 237 g/mol. The minimum absolute atomic E-state index is 0.245. The predicted molar refractivity (Wildman–Crippen MR) is 63.8 cm³/mol. The quantitative estimate of drug-likeness (QED) is 0.604. The number of H-pyrrole nitrogens is 3. The third-order valence-corrected chi connectivity index (χ3v) is 2.63. The highest BCUT2D eigenvalue weighted by Gasteiger charge is 2.13. The molecule has 0 aromatic carbocycles. The van der Waals surface area contributed by atoms with Gasteiger partial charge >= 0.3 is 5.69 Å². The summed E-state index contributed by atoms with van der Waals surface area (Å²) < 4.78 is 0. The number of aromatic amines is 3. The van der Waals surface area contributed by atoms with E-state index in [9.17, 15) is 9.59 Å². The zero-order valence-corrected chi connectivity index (χ0v) is 9.54. The summed E-state index contributed by atoms with van der Waals surface area (Å²) in [5.74, 6) is 0.529. The van der Waals surface area contributed by atoms with Gasteiger partial charge in [-0.1, -0.05) is 19.8 Å². The monoisotopic (exact) mass is 237 g/mol. The SMILES string of the molecule is CCCCC(N)c1nc2[nH]c(=O)[nH]c(=O)c2[nH]1. The van der Waals surface area contributed by atoms with Gasteiger partial charge in [-0.15, -0.1) is 0 Å². The molecule has 0 aliphatic heterocycles. The second-order valence-corrected chi connectivity index (χ2v) is 4.00. The third-order valence-electron chi connectivity index (χ3n) is 2.63. The van der Waals surface area contributed by atoms with Gasteiger partial charge in [-0.2, -0.15) is 0 Å². The summed E-state index contributed by atoms with van der Waals surface area (Å²) in [4.78, 5) is 34.1. The predicted octanol–water partition coefficient (Wildman–Crippen LogP) is 0.130. The molecule has 2 aromatic heterocycles. The highest BCUT2D eigenvalue weighted by Crippen LogP contribution is 2.14. The lowest BCUT2D eigenvalue weighted by molar-refractivity contribution is 0.581. The van der Waals surface area contributed by atoms with E-state index in [1.165, 1.54) is 0 Å². The largest absolute Gasteiger partial charge is 0.335 e. The molecular formula is C10H15N5O2. The summed E-state index contributed by atoms with van der Waals surface area (Å²) in [7, 11) is 0. The summed E-state index contributed by atoms with van der Waals surface area (Å²) in [5, 5.41) is 0. The van der Waals surface area contributed by atoms with Gasteiger partial charge < -0.3 is 10.7 Å². The highest BCUT2D eigenvalue weighted by molar-refractivity contribution is 5.68. The molecule has 2 rings (SSSR count). The highest BCUT2D eigenvalue weighted by atomic mass is 16.2. The first-order valence-corrected chi connectivity index (χ1v) is 5.59. The van der Waals surface area contributed by atoms with Gasteiger partial charge in [0, 0.05) is 0 Å². The lowest BCUT2D eigenvalue weighted by atomic mass is 10.1. The van der Waals surface area contributed by atoms with E-state index < -0.39 is 11.2 Å². The van der Waals surface area contributed by atoms with Crippen molar-refractivity contribution in [2.75, 3.05) is 0 Å². The molecule has 0 fully saturated rings. The van der Waals surface area contributed by atoms with Crippen LogP contribution in [0.3, 0.4) is 0 Å². The molecule has 0 saturated carbocycles. The first kappa shape index (κ1) is 11.6. The summed E-state index contributed by atoms with van der Waals surface area (Å²) in [6, 6.07) is -0.245. The van der Waals surface area contributed by atoms with Gasteiger partial charge in [-0.3, -0.25) is 14.8 Å². The van der Waals surface area contributed by atoms with Gasteiger partial charge in [0.2, 0.25) is 0 Å². The van der Waals surface area contributed by atoms with Crippen molar-refractivity contribution >= 4 is 11.2 Å². The molecule has 2 aromatic rings. The van der Waals surface area contributed by atoms with Gasteiger partial charge in [0.1, 0.15) is 11.3 Å². The van der Waals surface area contributed by atoms with Crippen LogP contribution in [-0.4, -0.2) is 19.9 Å². The van der Waals surface area contributed by atoms with Crippen molar-refractivity contribution in [1.29, 1.82) is 0 Å². The number of unbranched alkanes of at least 4 members (excludes halogenated alkanes) is 1. The van der Waals surface area contributed by atoms with E-state index in [0.717, 1.165) is 19.3 Å². The van der Waals surface area contributed by atoms with Gasteiger partial charge in [0.25, 0.3) is 5.56 Å². The fraction of sp³-hybridized carbons (Fsp3) is 0.500. The minimum atomic E-state index is -0.567. The molecule has 1 unspecified atom stereocenters. The zero-order valence-electron chi connectivity index (χ0n) is 9.54. The Morgan fingerprint density at radius 2 is 2.06 bits per heavy atom. The smallest absolute Gasteiger partial charge is 0.327 e. The molecule has 0 amide bonds. The molecule has 2 heterocycles. The van der Waals surface area contributed by atoms with Gasteiger partial charge in [0.15, 0.2) is 5.65 Å². The fourth-order valence-corrected chi connectivity index (χ4v) is 1.69. The Labute approximate surface area is 96.5 Å². The van der Waals surface area contributed by atoms with Crippen molar-refractivity contribution in [3.05, 3.63) is 26.7 Å². The van der Waals surface area contributed by atoms with Gasteiger partial charge in [-0.25, -0.2) is 9.78 Å². The molecule has 7 nitrogen and oxygen atoms in total. The number of aromatic nitrogens is 4.